The van der Waals surface area contributed by atoms with Crippen LogP contribution in [0.25, 0.3) is 0 Å². The van der Waals surface area contributed by atoms with Crippen LogP contribution in [0.4, 0.5) is 0 Å². The molecule has 0 spiro atoms. The molecular formula is C6H15ClO6Ti. The van der Waals surface area contributed by atoms with Gasteiger partial charge >= 0.3 is 90.5 Å². The van der Waals surface area contributed by atoms with Crippen LogP contribution in [0, 0.1) is 0 Å². The van der Waals surface area contributed by atoms with Crippen molar-refractivity contribution in [2.75, 3.05) is 19.8 Å². The second kappa shape index (κ2) is 6.24. The van der Waals surface area contributed by atoms with E-state index < -0.39 is 16.8 Å². The first-order chi connectivity index (χ1) is 6.54. The van der Waals surface area contributed by atoms with Crippen LogP contribution in [0.1, 0.15) is 20.8 Å². The van der Waals surface area contributed by atoms with E-state index in [-0.39, 0.29) is 19.8 Å². The Hall–Kier alpha value is 0.604. The number of halogens is 1. The second-order valence-electron chi connectivity index (χ2n) is 2.27. The van der Waals surface area contributed by atoms with Gasteiger partial charge in [-0.2, -0.15) is 0 Å². The van der Waals surface area contributed by atoms with Crippen LogP contribution in [0.15, 0.2) is 0 Å². The number of hydrogen-bond acceptors (Lipinski definition) is 6. The molecule has 0 atom stereocenters. The molecule has 0 fully saturated rings. The van der Waals surface area contributed by atoms with Gasteiger partial charge in [-0.25, -0.2) is 0 Å². The molecule has 0 amide bonds. The van der Waals surface area contributed by atoms with Crippen molar-refractivity contribution < 1.29 is 38.0 Å². The van der Waals surface area contributed by atoms with Gasteiger partial charge in [0.05, 0.1) is 0 Å². The first-order valence-electron chi connectivity index (χ1n) is 4.33. The summed E-state index contributed by atoms with van der Waals surface area (Å²) in [5, 5.41) is 0. The van der Waals surface area contributed by atoms with Crippen LogP contribution >= 0.6 is 11.9 Å². The molecule has 0 radical (unpaired) electrons. The first-order valence-corrected chi connectivity index (χ1v) is 7.83. The fourth-order valence-corrected chi connectivity index (χ4v) is 3.66. The van der Waals surface area contributed by atoms with Gasteiger partial charge in [0.25, 0.3) is 0 Å². The fourth-order valence-electron chi connectivity index (χ4n) is 0.774. The molecule has 0 aliphatic heterocycles. The van der Waals surface area contributed by atoms with Gasteiger partial charge in [-0.15, -0.1) is 0 Å². The fraction of sp³-hybridized carbons (Fsp3) is 1.00. The van der Waals surface area contributed by atoms with Crippen LogP contribution in [0.3, 0.4) is 0 Å². The van der Waals surface area contributed by atoms with Crippen molar-refractivity contribution in [1.82, 2.24) is 0 Å². The van der Waals surface area contributed by atoms with Crippen molar-refractivity contribution in [2.45, 2.75) is 20.8 Å². The molecule has 0 aliphatic rings. The van der Waals surface area contributed by atoms with Gasteiger partial charge in [0.15, 0.2) is 0 Å². The van der Waals surface area contributed by atoms with E-state index in [1.165, 1.54) is 0 Å². The van der Waals surface area contributed by atoms with E-state index in [1.54, 1.807) is 20.8 Å². The van der Waals surface area contributed by atoms with Gasteiger partial charge in [-0.05, 0) is 0 Å². The molecule has 14 heavy (non-hydrogen) atoms. The predicted molar refractivity (Wildman–Crippen MR) is 43.6 cm³/mol. The predicted octanol–water partition coefficient (Wildman–Crippen LogP) is 1.89. The number of rotatable bonds is 8. The van der Waals surface area contributed by atoms with Crippen molar-refractivity contribution in [2.24, 2.45) is 0 Å². The summed E-state index contributed by atoms with van der Waals surface area (Å²) in [6, 6.07) is 0. The van der Waals surface area contributed by atoms with Crippen molar-refractivity contribution >= 4 is 11.9 Å². The van der Waals surface area contributed by atoms with E-state index in [9.17, 15) is 3.32 Å². The standard InChI is InChI=1S/C2H6O2.2C2H5O.ClO.O.Ti/c1-2-4-3;2*1-2-3;1-2;;/h3H,2H2,1H3;2*2H2,1H3;;;/q;3*-1;;+4/p-1. The van der Waals surface area contributed by atoms with Crippen molar-refractivity contribution in [3.8, 4) is 0 Å². The Kier molecular flexibility index (Phi) is 6.51. The normalized spacial score (nSPS) is 13.2. The summed E-state index contributed by atoms with van der Waals surface area (Å²) in [7, 11) is 0. The van der Waals surface area contributed by atoms with Gasteiger partial charge in [0, 0.05) is 0 Å². The minimum atomic E-state index is -5.68. The summed E-state index contributed by atoms with van der Waals surface area (Å²) in [4.78, 5) is 4.51. The van der Waals surface area contributed by atoms with Crippen LogP contribution in [-0.2, 0) is 38.0 Å². The first kappa shape index (κ1) is 14.6. The summed E-state index contributed by atoms with van der Waals surface area (Å²) < 4.78 is 30.5. The summed E-state index contributed by atoms with van der Waals surface area (Å²) in [5.74, 6) is 0. The Bertz CT molecular complexity index is 210. The van der Waals surface area contributed by atoms with Crippen molar-refractivity contribution in [3.63, 3.8) is 0 Å². The molecule has 0 rings (SSSR count). The van der Waals surface area contributed by atoms with Gasteiger partial charge in [-0.1, -0.05) is 0 Å². The zero-order chi connectivity index (χ0) is 11.1. The van der Waals surface area contributed by atoms with Gasteiger partial charge in [-0.3, -0.25) is 0 Å². The Labute approximate surface area is 90.6 Å². The van der Waals surface area contributed by atoms with E-state index in [0.29, 0.717) is 0 Å². The van der Waals surface area contributed by atoms with Crippen molar-refractivity contribution in [1.29, 1.82) is 0 Å². The Morgan fingerprint density at radius 1 is 1.07 bits per heavy atom. The molecule has 0 N–H and O–H groups in total. The van der Waals surface area contributed by atoms with Crippen LogP contribution in [0.2, 0.25) is 0 Å². The van der Waals surface area contributed by atoms with E-state index in [2.05, 4.69) is 11.2 Å². The molecule has 0 unspecified atom stereocenters. The average molecular weight is 266 g/mol. The maximum absolute atomic E-state index is 12.1. The zero-order valence-electron chi connectivity index (χ0n) is 8.45. The summed E-state index contributed by atoms with van der Waals surface area (Å²) in [6.45, 7) is 5.15. The molecule has 0 bridgehead atoms. The zero-order valence-corrected chi connectivity index (χ0v) is 10.8. The molecule has 0 saturated heterocycles. The molecule has 0 aliphatic carbocycles. The summed E-state index contributed by atoms with van der Waals surface area (Å²) in [6.07, 6.45) is 0. The van der Waals surface area contributed by atoms with Gasteiger partial charge in [0.1, 0.15) is 0 Å². The van der Waals surface area contributed by atoms with E-state index in [1.807, 2.05) is 0 Å². The monoisotopic (exact) mass is 266 g/mol. The third-order valence-corrected chi connectivity index (χ3v) is 5.61. The average Bonchev–Trinajstić information content (AvgIpc) is 2.16. The Morgan fingerprint density at radius 3 is 1.86 bits per heavy atom. The molecule has 8 heteroatoms. The third kappa shape index (κ3) is 4.00. The third-order valence-electron chi connectivity index (χ3n) is 1.20. The molecule has 0 saturated carbocycles. The van der Waals surface area contributed by atoms with E-state index >= 15 is 0 Å². The molecule has 86 valence electrons. The Balaban J connectivity index is 4.66. The summed E-state index contributed by atoms with van der Waals surface area (Å²) >= 11 is -0.607. The molecular weight excluding hydrogens is 251 g/mol. The maximum atomic E-state index is 12.1. The Morgan fingerprint density at radius 2 is 1.57 bits per heavy atom. The number of hydrogen-bond donors (Lipinski definition) is 0. The molecule has 0 aromatic carbocycles. The molecule has 6 nitrogen and oxygen atoms in total. The van der Waals surface area contributed by atoms with Crippen LogP contribution in [0.5, 0.6) is 0 Å². The molecule has 0 heterocycles. The van der Waals surface area contributed by atoms with Crippen LogP contribution < -0.4 is 0 Å². The summed E-state index contributed by atoms with van der Waals surface area (Å²) in [5.41, 5.74) is 0. The molecule has 0 aromatic heterocycles. The quantitative estimate of drug-likeness (QED) is 0.380. The van der Waals surface area contributed by atoms with E-state index in [4.69, 9.17) is 18.5 Å². The SMILES string of the molecule is CCO[O][Ti](=[O])([O]Cl)([O]CC)[O]CC. The van der Waals surface area contributed by atoms with Crippen LogP contribution in [-0.4, -0.2) is 19.8 Å². The van der Waals surface area contributed by atoms with Gasteiger partial charge in [0.2, 0.25) is 0 Å². The van der Waals surface area contributed by atoms with E-state index in [0.717, 1.165) is 0 Å². The second-order valence-corrected chi connectivity index (χ2v) is 6.91. The minimum absolute atomic E-state index is 0.0699. The topological polar surface area (TPSA) is 63.2 Å². The van der Waals surface area contributed by atoms with Gasteiger partial charge < -0.3 is 0 Å². The molecule has 0 aromatic rings. The van der Waals surface area contributed by atoms with Crippen molar-refractivity contribution in [3.05, 3.63) is 0 Å².